The second kappa shape index (κ2) is 5.02. The molecule has 4 nitrogen and oxygen atoms in total. The zero-order chi connectivity index (χ0) is 17.0. The van der Waals surface area contributed by atoms with Crippen LogP contribution in [0.1, 0.15) is 28.0 Å². The van der Waals surface area contributed by atoms with Gasteiger partial charge in [-0.2, -0.15) is 5.26 Å². The molecule has 0 saturated carbocycles. The number of rotatable bonds is 1. The third kappa shape index (κ3) is 1.93. The number of nitrogens with zero attached hydrogens (tertiary/aromatic N) is 2. The van der Waals surface area contributed by atoms with Crippen LogP contribution in [0.15, 0.2) is 48.7 Å². The highest BCUT2D eigenvalue weighted by Crippen LogP contribution is 2.40. The van der Waals surface area contributed by atoms with Gasteiger partial charge in [-0.05, 0) is 42.3 Å². The number of nitriles is 1. The van der Waals surface area contributed by atoms with Gasteiger partial charge in [0, 0.05) is 45.7 Å². The summed E-state index contributed by atoms with van der Waals surface area (Å²) in [5.74, 6) is 0.170. The molecule has 0 unspecified atom stereocenters. The molecular weight excluding hydrogens is 310 g/mol. The molecule has 2 aromatic carbocycles. The Morgan fingerprint density at radius 2 is 1.84 bits per heavy atom. The van der Waals surface area contributed by atoms with Gasteiger partial charge in [-0.25, -0.2) is 0 Å². The van der Waals surface area contributed by atoms with Crippen LogP contribution >= 0.6 is 0 Å². The number of fused-ring (bicyclic) bond motifs is 4. The van der Waals surface area contributed by atoms with Gasteiger partial charge in [-0.1, -0.05) is 12.1 Å². The first-order valence-corrected chi connectivity index (χ1v) is 8.22. The highest BCUT2D eigenvalue weighted by Gasteiger charge is 2.27. The van der Waals surface area contributed by atoms with Crippen LogP contribution in [0.3, 0.4) is 0 Å². The monoisotopic (exact) mass is 323 g/mol. The lowest BCUT2D eigenvalue weighted by atomic mass is 9.92. The largest absolute Gasteiger partial charge is 0.358 e. The van der Waals surface area contributed by atoms with Crippen LogP contribution in [-0.4, -0.2) is 15.8 Å². The highest BCUT2D eigenvalue weighted by atomic mass is 16.1. The molecule has 2 heterocycles. The second-order valence-electron chi connectivity index (χ2n) is 6.33. The third-order valence-corrected chi connectivity index (χ3v) is 4.95. The van der Waals surface area contributed by atoms with Crippen molar-refractivity contribution in [1.29, 1.82) is 5.26 Å². The molecule has 1 aliphatic carbocycles. The van der Waals surface area contributed by atoms with Crippen molar-refractivity contribution in [1.82, 2.24) is 9.97 Å². The minimum absolute atomic E-state index is 0.170. The third-order valence-electron chi connectivity index (χ3n) is 4.95. The molecule has 0 amide bonds. The van der Waals surface area contributed by atoms with Crippen LogP contribution in [0.5, 0.6) is 0 Å². The first-order valence-electron chi connectivity index (χ1n) is 8.22. The summed E-state index contributed by atoms with van der Waals surface area (Å²) in [6.45, 7) is 0. The van der Waals surface area contributed by atoms with Crippen LogP contribution in [-0.2, 0) is 6.42 Å². The van der Waals surface area contributed by atoms with Crippen molar-refractivity contribution in [3.05, 3.63) is 65.5 Å². The molecule has 1 N–H and O–H groups in total. The molecule has 118 valence electrons. The Bertz CT molecular complexity index is 1210. The molecule has 0 bridgehead atoms. The normalized spacial score (nSPS) is 13.3. The van der Waals surface area contributed by atoms with E-state index in [1.165, 1.54) is 0 Å². The fourth-order valence-corrected chi connectivity index (χ4v) is 3.82. The summed E-state index contributed by atoms with van der Waals surface area (Å²) < 4.78 is 0. The summed E-state index contributed by atoms with van der Waals surface area (Å²) in [7, 11) is 0. The van der Waals surface area contributed by atoms with Gasteiger partial charge in [0.1, 0.15) is 0 Å². The van der Waals surface area contributed by atoms with Crippen molar-refractivity contribution in [3.8, 4) is 17.2 Å². The van der Waals surface area contributed by atoms with Crippen molar-refractivity contribution in [2.75, 3.05) is 0 Å². The molecule has 0 aliphatic heterocycles. The maximum Gasteiger partial charge on any atom is 0.165 e. The van der Waals surface area contributed by atoms with E-state index in [4.69, 9.17) is 5.26 Å². The van der Waals surface area contributed by atoms with E-state index < -0.39 is 0 Å². The summed E-state index contributed by atoms with van der Waals surface area (Å²) in [5.41, 5.74) is 6.22. The summed E-state index contributed by atoms with van der Waals surface area (Å²) in [6, 6.07) is 15.6. The average molecular weight is 323 g/mol. The number of hydrogen-bond acceptors (Lipinski definition) is 3. The first-order chi connectivity index (χ1) is 12.3. The zero-order valence-corrected chi connectivity index (χ0v) is 13.3. The smallest absolute Gasteiger partial charge is 0.165 e. The van der Waals surface area contributed by atoms with E-state index in [2.05, 4.69) is 16.0 Å². The molecule has 25 heavy (non-hydrogen) atoms. The highest BCUT2D eigenvalue weighted by molar-refractivity contribution is 6.19. The molecule has 2 aromatic heterocycles. The Labute approximate surface area is 143 Å². The number of nitrogens with one attached hydrogen (secondary N) is 1. The predicted molar refractivity (Wildman–Crippen MR) is 96.4 cm³/mol. The van der Waals surface area contributed by atoms with Crippen molar-refractivity contribution in [2.45, 2.75) is 12.8 Å². The van der Waals surface area contributed by atoms with Gasteiger partial charge in [0.2, 0.25) is 0 Å². The van der Waals surface area contributed by atoms with Crippen LogP contribution in [0.4, 0.5) is 0 Å². The minimum atomic E-state index is 0.170. The maximum atomic E-state index is 12.6. The summed E-state index contributed by atoms with van der Waals surface area (Å²) in [4.78, 5) is 20.5. The average Bonchev–Trinajstić information content (AvgIpc) is 3.27. The molecule has 0 radical (unpaired) electrons. The van der Waals surface area contributed by atoms with Gasteiger partial charge < -0.3 is 4.98 Å². The van der Waals surface area contributed by atoms with Gasteiger partial charge in [-0.15, -0.1) is 0 Å². The molecule has 0 spiro atoms. The number of hydrogen-bond donors (Lipinski definition) is 1. The summed E-state index contributed by atoms with van der Waals surface area (Å²) in [5, 5.41) is 11.1. The standard InChI is InChI=1S/C21H13N3O/c22-11-12-1-3-13(4-2-12)19-20-14-9-10-23-15(14)5-6-16(20)24-17-7-8-18(25)21(17)19/h1-6,9-10,24H,7-8H2. The van der Waals surface area contributed by atoms with Crippen molar-refractivity contribution in [2.24, 2.45) is 0 Å². The number of carbonyl (C=O) groups is 1. The van der Waals surface area contributed by atoms with E-state index in [9.17, 15) is 4.79 Å². The van der Waals surface area contributed by atoms with Crippen molar-refractivity contribution in [3.63, 3.8) is 0 Å². The first kappa shape index (κ1) is 13.9. The van der Waals surface area contributed by atoms with Crippen LogP contribution in [0.25, 0.3) is 32.9 Å². The number of aryl methyl sites for hydroxylation is 1. The Morgan fingerprint density at radius 1 is 1.00 bits per heavy atom. The SMILES string of the molecule is N#Cc1ccc(-c2c3c([nH]c4ccc5nccc5c24)CCC3=O)cc1. The zero-order valence-electron chi connectivity index (χ0n) is 13.3. The quantitative estimate of drug-likeness (QED) is 0.565. The Hall–Kier alpha value is -3.45. The Kier molecular flexibility index (Phi) is 2.80. The molecule has 5 rings (SSSR count). The van der Waals surface area contributed by atoms with E-state index in [-0.39, 0.29) is 5.78 Å². The van der Waals surface area contributed by atoms with Crippen LogP contribution in [0.2, 0.25) is 0 Å². The summed E-state index contributed by atoms with van der Waals surface area (Å²) >= 11 is 0. The second-order valence-corrected chi connectivity index (χ2v) is 6.33. The molecule has 4 aromatic rings. The minimum Gasteiger partial charge on any atom is -0.358 e. The van der Waals surface area contributed by atoms with E-state index in [0.29, 0.717) is 12.0 Å². The van der Waals surface area contributed by atoms with E-state index in [1.54, 1.807) is 18.3 Å². The fourth-order valence-electron chi connectivity index (χ4n) is 3.82. The van der Waals surface area contributed by atoms with Gasteiger partial charge in [0.25, 0.3) is 0 Å². The number of carbonyl (C=O) groups excluding carboxylic acids is 1. The lowest BCUT2D eigenvalue weighted by Gasteiger charge is -2.14. The van der Waals surface area contributed by atoms with Crippen molar-refractivity contribution >= 4 is 27.6 Å². The maximum absolute atomic E-state index is 12.6. The van der Waals surface area contributed by atoms with E-state index in [0.717, 1.165) is 50.6 Å². The van der Waals surface area contributed by atoms with Gasteiger partial charge in [0.15, 0.2) is 5.78 Å². The molecule has 1 aliphatic rings. The fraction of sp³-hybridized carbons (Fsp3) is 0.0952. The van der Waals surface area contributed by atoms with Crippen molar-refractivity contribution < 1.29 is 4.79 Å². The number of H-pyrrole nitrogens is 1. The molecule has 0 fully saturated rings. The van der Waals surface area contributed by atoms with Gasteiger partial charge in [-0.3, -0.25) is 9.78 Å². The van der Waals surface area contributed by atoms with Crippen LogP contribution < -0.4 is 0 Å². The topological polar surface area (TPSA) is 69.5 Å². The molecule has 4 heteroatoms. The number of aromatic amines is 1. The van der Waals surface area contributed by atoms with E-state index in [1.807, 2.05) is 30.3 Å². The van der Waals surface area contributed by atoms with Gasteiger partial charge >= 0.3 is 0 Å². The molecular formula is C21H13N3O. The van der Waals surface area contributed by atoms with Crippen LogP contribution in [0, 0.1) is 11.3 Å². The molecule has 0 saturated heterocycles. The van der Waals surface area contributed by atoms with E-state index >= 15 is 0 Å². The lowest BCUT2D eigenvalue weighted by molar-refractivity contribution is 0.0995. The number of aromatic nitrogens is 2. The number of Topliss-reactive ketones (excluding diaryl/α,β-unsaturated/α-hetero) is 1. The Morgan fingerprint density at radius 3 is 2.64 bits per heavy atom. The number of benzene rings is 2. The number of pyridine rings is 1. The summed E-state index contributed by atoms with van der Waals surface area (Å²) in [6.07, 6.45) is 3.07. The number of ketones is 1. The Balaban J connectivity index is 1.97. The van der Waals surface area contributed by atoms with Gasteiger partial charge in [0.05, 0.1) is 17.1 Å². The lowest BCUT2D eigenvalue weighted by Crippen LogP contribution is -2.00. The molecule has 0 atom stereocenters. The predicted octanol–water partition coefficient (Wildman–Crippen LogP) is 4.38.